The van der Waals surface area contributed by atoms with Crippen molar-refractivity contribution in [2.24, 2.45) is 17.8 Å². The SMILES string of the molecule is CCOC(=O)N1CCN(C[C@@H](O)CO[C@H]2C[C@@H](C)CC[C@@H]2C(C)C)CC1. The molecule has 26 heavy (non-hydrogen) atoms. The molecule has 0 radical (unpaired) electrons. The number of β-amino-alcohol motifs (C(OH)–C–C–N with tert-alkyl or cyclic N) is 1. The smallest absolute Gasteiger partial charge is 0.409 e. The summed E-state index contributed by atoms with van der Waals surface area (Å²) in [4.78, 5) is 15.7. The van der Waals surface area contributed by atoms with Crippen LogP contribution in [0.25, 0.3) is 0 Å². The van der Waals surface area contributed by atoms with Gasteiger partial charge in [0.15, 0.2) is 0 Å². The molecule has 0 aromatic rings. The van der Waals surface area contributed by atoms with Gasteiger partial charge in [-0.25, -0.2) is 4.79 Å². The van der Waals surface area contributed by atoms with E-state index in [4.69, 9.17) is 9.47 Å². The largest absolute Gasteiger partial charge is 0.450 e. The molecule has 1 N–H and O–H groups in total. The number of hydrogen-bond acceptors (Lipinski definition) is 5. The average Bonchev–Trinajstić information content (AvgIpc) is 2.60. The van der Waals surface area contributed by atoms with E-state index in [-0.39, 0.29) is 12.2 Å². The minimum absolute atomic E-state index is 0.234. The molecule has 6 nitrogen and oxygen atoms in total. The van der Waals surface area contributed by atoms with Gasteiger partial charge in [-0.1, -0.05) is 27.2 Å². The third-order valence-electron chi connectivity index (χ3n) is 5.83. The van der Waals surface area contributed by atoms with Gasteiger partial charge in [-0.05, 0) is 37.5 Å². The van der Waals surface area contributed by atoms with Gasteiger partial charge in [-0.2, -0.15) is 0 Å². The summed E-state index contributed by atoms with van der Waals surface area (Å²) in [5.41, 5.74) is 0. The molecule has 1 amide bonds. The highest BCUT2D eigenvalue weighted by molar-refractivity contribution is 5.67. The number of piperazine rings is 1. The summed E-state index contributed by atoms with van der Waals surface area (Å²) >= 11 is 0. The number of rotatable bonds is 7. The number of amides is 1. The average molecular weight is 371 g/mol. The quantitative estimate of drug-likeness (QED) is 0.746. The summed E-state index contributed by atoms with van der Waals surface area (Å²) in [6.45, 7) is 12.9. The molecule has 2 aliphatic rings. The van der Waals surface area contributed by atoms with Crippen molar-refractivity contribution in [1.82, 2.24) is 9.80 Å². The number of ether oxygens (including phenoxy) is 2. The fraction of sp³-hybridized carbons (Fsp3) is 0.950. The van der Waals surface area contributed by atoms with Crippen molar-refractivity contribution in [2.75, 3.05) is 45.9 Å². The molecule has 1 saturated heterocycles. The Morgan fingerprint density at radius 1 is 1.19 bits per heavy atom. The maximum Gasteiger partial charge on any atom is 0.409 e. The monoisotopic (exact) mass is 370 g/mol. The molecule has 1 aliphatic heterocycles. The van der Waals surface area contributed by atoms with Gasteiger partial charge < -0.3 is 19.5 Å². The molecule has 2 rings (SSSR count). The van der Waals surface area contributed by atoms with Gasteiger partial charge in [-0.3, -0.25) is 4.90 Å². The molecule has 152 valence electrons. The van der Waals surface area contributed by atoms with Crippen LogP contribution in [-0.4, -0.2) is 79.1 Å². The lowest BCUT2D eigenvalue weighted by molar-refractivity contribution is -0.0752. The number of carbonyl (C=O) groups excluding carboxylic acids is 1. The fourth-order valence-electron chi connectivity index (χ4n) is 4.22. The van der Waals surface area contributed by atoms with Crippen molar-refractivity contribution >= 4 is 6.09 Å². The second-order valence-corrected chi connectivity index (χ2v) is 8.34. The second-order valence-electron chi connectivity index (χ2n) is 8.34. The number of carbonyl (C=O) groups is 1. The Morgan fingerprint density at radius 2 is 1.88 bits per heavy atom. The van der Waals surface area contributed by atoms with Crippen molar-refractivity contribution in [3.05, 3.63) is 0 Å². The van der Waals surface area contributed by atoms with Crippen molar-refractivity contribution in [1.29, 1.82) is 0 Å². The van der Waals surface area contributed by atoms with Gasteiger partial charge in [0, 0.05) is 32.7 Å². The van der Waals surface area contributed by atoms with E-state index in [2.05, 4.69) is 25.7 Å². The molecule has 4 atom stereocenters. The molecule has 1 heterocycles. The van der Waals surface area contributed by atoms with E-state index in [0.29, 0.717) is 50.6 Å². The third kappa shape index (κ3) is 6.39. The minimum atomic E-state index is -0.478. The van der Waals surface area contributed by atoms with Crippen LogP contribution in [0.5, 0.6) is 0 Å². The van der Waals surface area contributed by atoms with Crippen LogP contribution < -0.4 is 0 Å². The van der Waals surface area contributed by atoms with Gasteiger partial charge in [0.2, 0.25) is 0 Å². The fourth-order valence-corrected chi connectivity index (χ4v) is 4.22. The van der Waals surface area contributed by atoms with Crippen LogP contribution in [0.3, 0.4) is 0 Å². The second kappa shape index (κ2) is 10.5. The maximum absolute atomic E-state index is 11.7. The topological polar surface area (TPSA) is 62.2 Å². The molecule has 1 aliphatic carbocycles. The summed E-state index contributed by atoms with van der Waals surface area (Å²) in [5, 5.41) is 10.4. The van der Waals surface area contributed by atoms with E-state index in [1.54, 1.807) is 4.90 Å². The van der Waals surface area contributed by atoms with Crippen LogP contribution >= 0.6 is 0 Å². The predicted octanol–water partition coefficient (Wildman–Crippen LogP) is 2.60. The number of hydrogen-bond donors (Lipinski definition) is 1. The van der Waals surface area contributed by atoms with Crippen molar-refractivity contribution in [3.8, 4) is 0 Å². The highest BCUT2D eigenvalue weighted by Crippen LogP contribution is 2.35. The van der Waals surface area contributed by atoms with Crippen LogP contribution in [0.15, 0.2) is 0 Å². The van der Waals surface area contributed by atoms with E-state index < -0.39 is 6.10 Å². The van der Waals surface area contributed by atoms with Crippen molar-refractivity contribution < 1.29 is 19.4 Å². The van der Waals surface area contributed by atoms with Crippen LogP contribution in [0, 0.1) is 17.8 Å². The first-order chi connectivity index (χ1) is 12.4. The third-order valence-corrected chi connectivity index (χ3v) is 5.83. The van der Waals surface area contributed by atoms with Crippen LogP contribution in [0.1, 0.15) is 47.0 Å². The van der Waals surface area contributed by atoms with E-state index in [0.717, 1.165) is 19.5 Å². The lowest BCUT2D eigenvalue weighted by atomic mass is 9.75. The molecule has 6 heteroatoms. The van der Waals surface area contributed by atoms with Crippen molar-refractivity contribution in [3.63, 3.8) is 0 Å². The number of aliphatic hydroxyl groups is 1. The molecular formula is C20H38N2O4. The predicted molar refractivity (Wildman–Crippen MR) is 102 cm³/mol. The zero-order chi connectivity index (χ0) is 19.1. The Bertz CT molecular complexity index is 424. The summed E-state index contributed by atoms with van der Waals surface area (Å²) in [6.07, 6.45) is 3.18. The summed E-state index contributed by atoms with van der Waals surface area (Å²) in [6, 6.07) is 0. The molecule has 1 saturated carbocycles. The Kier molecular flexibility index (Phi) is 8.64. The first-order valence-corrected chi connectivity index (χ1v) is 10.3. The molecule has 0 bridgehead atoms. The zero-order valence-electron chi connectivity index (χ0n) is 17.0. The first kappa shape index (κ1) is 21.5. The zero-order valence-corrected chi connectivity index (χ0v) is 17.0. The Labute approximate surface area is 158 Å². The molecule has 0 aromatic heterocycles. The minimum Gasteiger partial charge on any atom is -0.450 e. The van der Waals surface area contributed by atoms with Gasteiger partial charge in [0.05, 0.1) is 25.4 Å². The lowest BCUT2D eigenvalue weighted by Gasteiger charge is -2.38. The molecular weight excluding hydrogens is 332 g/mol. The molecule has 0 spiro atoms. The summed E-state index contributed by atoms with van der Waals surface area (Å²) < 4.78 is 11.2. The number of aliphatic hydroxyl groups excluding tert-OH is 1. The van der Waals surface area contributed by atoms with Crippen LogP contribution in [-0.2, 0) is 9.47 Å². The van der Waals surface area contributed by atoms with Crippen LogP contribution in [0.4, 0.5) is 4.79 Å². The molecule has 2 fully saturated rings. The Balaban J connectivity index is 1.70. The highest BCUT2D eigenvalue weighted by atomic mass is 16.6. The first-order valence-electron chi connectivity index (χ1n) is 10.3. The molecule has 0 unspecified atom stereocenters. The molecule has 0 aromatic carbocycles. The Morgan fingerprint density at radius 3 is 2.50 bits per heavy atom. The van der Waals surface area contributed by atoms with E-state index in [1.165, 1.54) is 12.8 Å². The number of nitrogens with zero attached hydrogens (tertiary/aromatic N) is 2. The highest BCUT2D eigenvalue weighted by Gasteiger charge is 2.32. The lowest BCUT2D eigenvalue weighted by Crippen LogP contribution is -2.51. The van der Waals surface area contributed by atoms with Gasteiger partial charge in [0.25, 0.3) is 0 Å². The van der Waals surface area contributed by atoms with E-state index >= 15 is 0 Å². The van der Waals surface area contributed by atoms with Gasteiger partial charge in [0.1, 0.15) is 0 Å². The van der Waals surface area contributed by atoms with Crippen LogP contribution in [0.2, 0.25) is 0 Å². The van der Waals surface area contributed by atoms with Gasteiger partial charge >= 0.3 is 6.09 Å². The maximum atomic E-state index is 11.7. The van der Waals surface area contributed by atoms with Gasteiger partial charge in [-0.15, -0.1) is 0 Å². The normalized spacial score (nSPS) is 29.0. The Hall–Kier alpha value is -0.850. The van der Waals surface area contributed by atoms with E-state index in [9.17, 15) is 9.90 Å². The standard InChI is InChI=1S/C20H38N2O4/c1-5-25-20(24)22-10-8-21(9-11-22)13-17(23)14-26-19-12-16(4)6-7-18(19)15(2)3/h15-19,23H,5-14H2,1-4H3/t16-,17+,18+,19-/m0/s1. The van der Waals surface area contributed by atoms with E-state index in [1.807, 2.05) is 6.92 Å². The summed E-state index contributed by atoms with van der Waals surface area (Å²) in [7, 11) is 0. The summed E-state index contributed by atoms with van der Waals surface area (Å²) in [5.74, 6) is 1.94. The van der Waals surface area contributed by atoms with Crippen molar-refractivity contribution in [2.45, 2.75) is 59.2 Å².